The summed E-state index contributed by atoms with van der Waals surface area (Å²) in [6, 6.07) is 4.83. The maximum absolute atomic E-state index is 3.56. The summed E-state index contributed by atoms with van der Waals surface area (Å²) in [5.74, 6) is 0. The molecule has 1 aromatic carbocycles. The fraction of sp³-hybridized carbons (Fsp3) is 0.500. The Bertz CT molecular complexity index is 566. The molecular formula is C16H22N2. The lowest BCUT2D eigenvalue weighted by Crippen LogP contribution is -2.10. The van der Waals surface area contributed by atoms with Crippen LogP contribution in [0.3, 0.4) is 0 Å². The molecule has 1 aliphatic carbocycles. The van der Waals surface area contributed by atoms with Crippen LogP contribution in [0.4, 0.5) is 0 Å². The molecule has 2 nitrogen and oxygen atoms in total. The van der Waals surface area contributed by atoms with Gasteiger partial charge in [-0.05, 0) is 81.4 Å². The number of aryl methyl sites for hydroxylation is 3. The summed E-state index contributed by atoms with van der Waals surface area (Å²) >= 11 is 0. The smallest absolute Gasteiger partial charge is 0.0461 e. The van der Waals surface area contributed by atoms with Crippen molar-refractivity contribution in [2.24, 2.45) is 0 Å². The fourth-order valence-electron chi connectivity index (χ4n) is 3.19. The van der Waals surface area contributed by atoms with Crippen LogP contribution < -0.4 is 5.32 Å². The van der Waals surface area contributed by atoms with Crippen LogP contribution in [-0.2, 0) is 19.3 Å². The Balaban J connectivity index is 2.10. The molecule has 3 rings (SSSR count). The Kier molecular flexibility index (Phi) is 3.13. The molecule has 2 N–H and O–H groups in total. The number of fused-ring (bicyclic) bond motifs is 2. The van der Waals surface area contributed by atoms with Crippen LogP contribution in [0, 0.1) is 6.92 Å². The summed E-state index contributed by atoms with van der Waals surface area (Å²) in [4.78, 5) is 3.56. The minimum atomic E-state index is 1.05. The summed E-state index contributed by atoms with van der Waals surface area (Å²) in [6.45, 7) is 3.24. The highest BCUT2D eigenvalue weighted by Crippen LogP contribution is 2.30. The Morgan fingerprint density at radius 1 is 1.17 bits per heavy atom. The highest BCUT2D eigenvalue weighted by Gasteiger charge is 2.14. The van der Waals surface area contributed by atoms with Crippen molar-refractivity contribution in [3.05, 3.63) is 34.5 Å². The van der Waals surface area contributed by atoms with E-state index in [9.17, 15) is 0 Å². The third kappa shape index (κ3) is 1.95. The van der Waals surface area contributed by atoms with Crippen molar-refractivity contribution in [2.45, 2.75) is 39.0 Å². The summed E-state index contributed by atoms with van der Waals surface area (Å²) in [6.07, 6.45) is 6.34. The summed E-state index contributed by atoms with van der Waals surface area (Å²) < 4.78 is 0. The van der Waals surface area contributed by atoms with E-state index in [1.165, 1.54) is 47.8 Å². The Labute approximate surface area is 109 Å². The van der Waals surface area contributed by atoms with Crippen molar-refractivity contribution in [2.75, 3.05) is 13.6 Å². The molecule has 0 aliphatic heterocycles. The Hall–Kier alpha value is -1.28. The van der Waals surface area contributed by atoms with Crippen molar-refractivity contribution < 1.29 is 0 Å². The topological polar surface area (TPSA) is 27.8 Å². The standard InChI is InChI=1S/C16H22N2/c1-11-14(7-8-17-2)15-9-12-5-3-4-6-13(12)10-16(15)18-11/h9-10,17-18H,3-8H2,1-2H3. The second-order valence-electron chi connectivity index (χ2n) is 5.46. The number of likely N-dealkylation sites (N-methyl/N-ethyl adjacent to an activating group) is 1. The van der Waals surface area contributed by atoms with Gasteiger partial charge in [0.2, 0.25) is 0 Å². The molecule has 18 heavy (non-hydrogen) atoms. The van der Waals surface area contributed by atoms with Crippen LogP contribution in [0.2, 0.25) is 0 Å². The molecule has 0 fully saturated rings. The minimum Gasteiger partial charge on any atom is -0.358 e. The number of hydrogen-bond acceptors (Lipinski definition) is 1. The van der Waals surface area contributed by atoms with Crippen LogP contribution >= 0.6 is 0 Å². The maximum Gasteiger partial charge on any atom is 0.0461 e. The molecule has 0 amide bonds. The average molecular weight is 242 g/mol. The molecule has 96 valence electrons. The SMILES string of the molecule is CNCCc1c(C)[nH]c2cc3c(cc12)CCCC3. The highest BCUT2D eigenvalue weighted by molar-refractivity contribution is 5.86. The Morgan fingerprint density at radius 3 is 2.61 bits per heavy atom. The van der Waals surface area contributed by atoms with Gasteiger partial charge < -0.3 is 10.3 Å². The first-order valence-electron chi connectivity index (χ1n) is 7.07. The van der Waals surface area contributed by atoms with Gasteiger partial charge >= 0.3 is 0 Å². The zero-order valence-corrected chi connectivity index (χ0v) is 11.4. The number of hydrogen-bond donors (Lipinski definition) is 2. The molecule has 1 aromatic heterocycles. The number of nitrogens with one attached hydrogen (secondary N) is 2. The number of rotatable bonds is 3. The molecule has 2 aromatic rings. The summed E-state index contributed by atoms with van der Waals surface area (Å²) in [5, 5.41) is 4.69. The van der Waals surface area contributed by atoms with Gasteiger partial charge in [-0.25, -0.2) is 0 Å². The van der Waals surface area contributed by atoms with E-state index in [4.69, 9.17) is 0 Å². The van der Waals surface area contributed by atoms with Gasteiger partial charge in [0.05, 0.1) is 0 Å². The summed E-state index contributed by atoms with van der Waals surface area (Å²) in [7, 11) is 2.02. The van der Waals surface area contributed by atoms with Crippen LogP contribution in [0.1, 0.15) is 35.2 Å². The molecule has 0 atom stereocenters. The van der Waals surface area contributed by atoms with Gasteiger partial charge in [-0.1, -0.05) is 0 Å². The number of benzene rings is 1. The van der Waals surface area contributed by atoms with E-state index in [1.807, 2.05) is 7.05 Å². The third-order valence-electron chi connectivity index (χ3n) is 4.21. The van der Waals surface area contributed by atoms with Crippen molar-refractivity contribution in [3.8, 4) is 0 Å². The van der Waals surface area contributed by atoms with E-state index in [0.29, 0.717) is 0 Å². The van der Waals surface area contributed by atoms with E-state index in [-0.39, 0.29) is 0 Å². The molecular weight excluding hydrogens is 220 g/mol. The second-order valence-corrected chi connectivity index (χ2v) is 5.46. The van der Waals surface area contributed by atoms with Crippen molar-refractivity contribution in [1.82, 2.24) is 10.3 Å². The minimum absolute atomic E-state index is 1.05. The molecule has 1 heterocycles. The second kappa shape index (κ2) is 4.77. The van der Waals surface area contributed by atoms with Crippen LogP contribution in [0.5, 0.6) is 0 Å². The van der Waals surface area contributed by atoms with Crippen LogP contribution in [0.25, 0.3) is 10.9 Å². The van der Waals surface area contributed by atoms with Gasteiger partial charge in [0.1, 0.15) is 0 Å². The fourth-order valence-corrected chi connectivity index (χ4v) is 3.19. The van der Waals surface area contributed by atoms with E-state index in [0.717, 1.165) is 13.0 Å². The van der Waals surface area contributed by atoms with Crippen LogP contribution in [0.15, 0.2) is 12.1 Å². The van der Waals surface area contributed by atoms with Crippen molar-refractivity contribution in [1.29, 1.82) is 0 Å². The first-order valence-corrected chi connectivity index (χ1v) is 7.07. The molecule has 0 saturated carbocycles. The predicted molar refractivity (Wildman–Crippen MR) is 77.3 cm³/mol. The van der Waals surface area contributed by atoms with Gasteiger partial charge in [0.25, 0.3) is 0 Å². The lowest BCUT2D eigenvalue weighted by atomic mass is 9.90. The van der Waals surface area contributed by atoms with E-state index in [2.05, 4.69) is 29.4 Å². The molecule has 0 bridgehead atoms. The molecule has 1 aliphatic rings. The van der Waals surface area contributed by atoms with Gasteiger partial charge in [-0.2, -0.15) is 0 Å². The van der Waals surface area contributed by atoms with E-state index in [1.54, 1.807) is 11.1 Å². The number of aromatic nitrogens is 1. The first kappa shape index (κ1) is 11.8. The van der Waals surface area contributed by atoms with E-state index < -0.39 is 0 Å². The van der Waals surface area contributed by atoms with E-state index >= 15 is 0 Å². The molecule has 0 saturated heterocycles. The number of H-pyrrole nitrogens is 1. The molecule has 0 radical (unpaired) electrons. The molecule has 0 unspecified atom stereocenters. The maximum atomic E-state index is 3.56. The van der Waals surface area contributed by atoms with Gasteiger partial charge in [-0.3, -0.25) is 0 Å². The quantitative estimate of drug-likeness (QED) is 0.850. The lowest BCUT2D eigenvalue weighted by molar-refractivity contribution is 0.687. The van der Waals surface area contributed by atoms with Crippen LogP contribution in [-0.4, -0.2) is 18.6 Å². The zero-order chi connectivity index (χ0) is 12.5. The van der Waals surface area contributed by atoms with Gasteiger partial charge in [0.15, 0.2) is 0 Å². The van der Waals surface area contributed by atoms with Gasteiger partial charge in [0, 0.05) is 16.6 Å². The third-order valence-corrected chi connectivity index (χ3v) is 4.21. The van der Waals surface area contributed by atoms with Gasteiger partial charge in [-0.15, -0.1) is 0 Å². The monoisotopic (exact) mass is 242 g/mol. The van der Waals surface area contributed by atoms with Crippen molar-refractivity contribution in [3.63, 3.8) is 0 Å². The normalized spacial score (nSPS) is 15.0. The lowest BCUT2D eigenvalue weighted by Gasteiger charge is -2.15. The predicted octanol–water partition coefficient (Wildman–Crippen LogP) is 3.12. The zero-order valence-electron chi connectivity index (χ0n) is 11.4. The summed E-state index contributed by atoms with van der Waals surface area (Å²) in [5.41, 5.74) is 7.31. The largest absolute Gasteiger partial charge is 0.358 e. The van der Waals surface area contributed by atoms with Crippen molar-refractivity contribution >= 4 is 10.9 Å². The Morgan fingerprint density at radius 2 is 1.89 bits per heavy atom. The first-order chi connectivity index (χ1) is 8.79. The molecule has 2 heteroatoms. The average Bonchev–Trinajstić information content (AvgIpc) is 2.68. The molecule has 0 spiro atoms. The highest BCUT2D eigenvalue weighted by atomic mass is 14.8. The number of aromatic amines is 1.